The van der Waals surface area contributed by atoms with Crippen molar-refractivity contribution in [3.63, 3.8) is 0 Å². The second kappa shape index (κ2) is 5.08. The van der Waals surface area contributed by atoms with E-state index in [4.69, 9.17) is 5.11 Å². The van der Waals surface area contributed by atoms with Crippen LogP contribution in [0.15, 0.2) is 12.1 Å². The van der Waals surface area contributed by atoms with E-state index in [1.165, 1.54) is 0 Å². The Balaban J connectivity index is 3.71. The Bertz CT molecular complexity index is 396. The predicted octanol–water partition coefficient (Wildman–Crippen LogP) is 4.11. The SMILES string of the molecule is OCc1ccc(CBr)c(C(F)(F)F)c1C(F)(F)F. The minimum atomic E-state index is -5.18. The summed E-state index contributed by atoms with van der Waals surface area (Å²) in [6.07, 6.45) is -10.3. The molecule has 8 heteroatoms. The first kappa shape index (κ1) is 15.3. The quantitative estimate of drug-likeness (QED) is 0.636. The Morgan fingerprint density at radius 1 is 0.889 bits per heavy atom. The summed E-state index contributed by atoms with van der Waals surface area (Å²) in [5, 5.41) is 8.39. The third-order valence-corrected chi connectivity index (χ3v) is 2.86. The largest absolute Gasteiger partial charge is 0.417 e. The number of aliphatic hydroxyl groups excluding tert-OH is 1. The number of hydrogen-bond acceptors (Lipinski definition) is 1. The van der Waals surface area contributed by atoms with Gasteiger partial charge in [-0.15, -0.1) is 0 Å². The number of hydrogen-bond donors (Lipinski definition) is 1. The van der Waals surface area contributed by atoms with Crippen LogP contribution in [-0.4, -0.2) is 5.11 Å². The molecule has 0 saturated heterocycles. The summed E-state index contributed by atoms with van der Waals surface area (Å²) in [7, 11) is 0. The maximum absolute atomic E-state index is 12.7. The van der Waals surface area contributed by atoms with E-state index in [9.17, 15) is 26.3 Å². The van der Waals surface area contributed by atoms with Crippen molar-refractivity contribution in [2.45, 2.75) is 24.3 Å². The maximum atomic E-state index is 12.7. The van der Waals surface area contributed by atoms with Crippen molar-refractivity contribution >= 4 is 15.9 Å². The molecule has 102 valence electrons. The molecule has 0 aromatic heterocycles. The fourth-order valence-electron chi connectivity index (χ4n) is 1.58. The fraction of sp³-hybridized carbons (Fsp3) is 0.400. The lowest BCUT2D eigenvalue weighted by Crippen LogP contribution is -2.21. The van der Waals surface area contributed by atoms with Gasteiger partial charge in [-0.05, 0) is 11.1 Å². The predicted molar refractivity (Wildman–Crippen MR) is 55.0 cm³/mol. The minimum Gasteiger partial charge on any atom is -0.392 e. The molecule has 0 unspecified atom stereocenters. The summed E-state index contributed by atoms with van der Waals surface area (Å²) in [6.45, 7) is -1.11. The Kier molecular flexibility index (Phi) is 4.32. The van der Waals surface area contributed by atoms with Crippen LogP contribution in [0.1, 0.15) is 22.3 Å². The van der Waals surface area contributed by atoms with Crippen LogP contribution in [0, 0.1) is 0 Å². The van der Waals surface area contributed by atoms with E-state index in [0.717, 1.165) is 12.1 Å². The van der Waals surface area contributed by atoms with Crippen molar-refractivity contribution in [2.24, 2.45) is 0 Å². The fourth-order valence-corrected chi connectivity index (χ4v) is 2.05. The molecule has 0 spiro atoms. The molecular formula is C10H7BrF6O. The number of aliphatic hydroxyl groups is 1. The average molecular weight is 337 g/mol. The molecule has 0 fully saturated rings. The van der Waals surface area contributed by atoms with Crippen molar-refractivity contribution < 1.29 is 31.4 Å². The highest BCUT2D eigenvalue weighted by Crippen LogP contribution is 2.44. The van der Waals surface area contributed by atoms with E-state index in [-0.39, 0.29) is 5.33 Å². The van der Waals surface area contributed by atoms with E-state index in [0.29, 0.717) is 0 Å². The molecule has 18 heavy (non-hydrogen) atoms. The third-order valence-electron chi connectivity index (χ3n) is 2.26. The summed E-state index contributed by atoms with van der Waals surface area (Å²) in [6, 6.07) is 1.76. The van der Waals surface area contributed by atoms with Gasteiger partial charge in [0, 0.05) is 5.33 Å². The molecule has 0 aliphatic heterocycles. The summed E-state index contributed by atoms with van der Waals surface area (Å²) in [4.78, 5) is 0. The molecule has 0 radical (unpaired) electrons. The first-order valence-corrected chi connectivity index (χ1v) is 5.71. The minimum absolute atomic E-state index is 0.364. The normalized spacial score (nSPS) is 12.9. The standard InChI is InChI=1S/C10H7BrF6O/c11-3-5-1-2-6(4-18)8(10(15,16)17)7(5)9(12,13)14/h1-2,18H,3-4H2. The molecular weight excluding hydrogens is 330 g/mol. The van der Waals surface area contributed by atoms with E-state index in [1.54, 1.807) is 0 Å². The van der Waals surface area contributed by atoms with Gasteiger partial charge in [-0.1, -0.05) is 28.1 Å². The molecule has 0 saturated carbocycles. The van der Waals surface area contributed by atoms with Gasteiger partial charge >= 0.3 is 12.4 Å². The van der Waals surface area contributed by atoms with Gasteiger partial charge in [-0.3, -0.25) is 0 Å². The van der Waals surface area contributed by atoms with Gasteiger partial charge in [0.05, 0.1) is 17.7 Å². The highest BCUT2D eigenvalue weighted by Gasteiger charge is 2.46. The second-order valence-electron chi connectivity index (χ2n) is 3.42. The van der Waals surface area contributed by atoms with Crippen LogP contribution >= 0.6 is 15.9 Å². The number of rotatable bonds is 2. The monoisotopic (exact) mass is 336 g/mol. The smallest absolute Gasteiger partial charge is 0.392 e. The van der Waals surface area contributed by atoms with Crippen LogP contribution in [0.4, 0.5) is 26.3 Å². The maximum Gasteiger partial charge on any atom is 0.417 e. The van der Waals surface area contributed by atoms with Gasteiger partial charge < -0.3 is 5.11 Å². The summed E-state index contributed by atoms with van der Waals surface area (Å²) < 4.78 is 76.4. The van der Waals surface area contributed by atoms with Crippen LogP contribution in [0.3, 0.4) is 0 Å². The third kappa shape index (κ3) is 2.97. The van der Waals surface area contributed by atoms with Crippen LogP contribution in [0.2, 0.25) is 0 Å². The van der Waals surface area contributed by atoms with Crippen LogP contribution in [-0.2, 0) is 24.3 Å². The molecule has 0 amide bonds. The van der Waals surface area contributed by atoms with Crippen molar-refractivity contribution in [3.05, 3.63) is 34.4 Å². The molecule has 0 bridgehead atoms. The highest BCUT2D eigenvalue weighted by molar-refractivity contribution is 9.08. The number of alkyl halides is 7. The molecule has 0 aliphatic carbocycles. The zero-order chi connectivity index (χ0) is 14.1. The first-order valence-electron chi connectivity index (χ1n) is 4.59. The van der Waals surface area contributed by atoms with Gasteiger partial charge in [0.25, 0.3) is 0 Å². The lowest BCUT2D eigenvalue weighted by Gasteiger charge is -2.21. The van der Waals surface area contributed by atoms with E-state index < -0.39 is 41.2 Å². The van der Waals surface area contributed by atoms with Crippen molar-refractivity contribution in [2.75, 3.05) is 0 Å². The molecule has 0 aliphatic rings. The average Bonchev–Trinajstić information content (AvgIpc) is 2.24. The summed E-state index contributed by atoms with van der Waals surface area (Å²) >= 11 is 2.72. The van der Waals surface area contributed by atoms with Gasteiger partial charge in [-0.25, -0.2) is 0 Å². The molecule has 0 heterocycles. The first-order chi connectivity index (χ1) is 8.12. The topological polar surface area (TPSA) is 20.2 Å². The van der Waals surface area contributed by atoms with Crippen molar-refractivity contribution in [1.29, 1.82) is 0 Å². The molecule has 1 rings (SSSR count). The molecule has 1 N–H and O–H groups in total. The molecule has 1 nitrogen and oxygen atoms in total. The second-order valence-corrected chi connectivity index (χ2v) is 3.98. The Labute approximate surface area is 107 Å². The summed E-state index contributed by atoms with van der Waals surface area (Å²) in [5.74, 6) is 0. The highest BCUT2D eigenvalue weighted by atomic mass is 79.9. The van der Waals surface area contributed by atoms with Gasteiger partial charge in [0.15, 0.2) is 0 Å². The Morgan fingerprint density at radius 3 is 1.61 bits per heavy atom. The van der Waals surface area contributed by atoms with Crippen LogP contribution in [0.25, 0.3) is 0 Å². The molecule has 0 atom stereocenters. The van der Waals surface area contributed by atoms with Crippen molar-refractivity contribution in [3.8, 4) is 0 Å². The lowest BCUT2D eigenvalue weighted by atomic mass is 9.96. The zero-order valence-corrected chi connectivity index (χ0v) is 10.2. The van der Waals surface area contributed by atoms with Gasteiger partial charge in [-0.2, -0.15) is 26.3 Å². The Hall–Kier alpha value is -0.760. The summed E-state index contributed by atoms with van der Waals surface area (Å²) in [5.41, 5.74) is -4.89. The zero-order valence-electron chi connectivity index (χ0n) is 8.66. The molecule has 1 aromatic carbocycles. The van der Waals surface area contributed by atoms with E-state index in [1.807, 2.05) is 0 Å². The van der Waals surface area contributed by atoms with Crippen molar-refractivity contribution in [1.82, 2.24) is 0 Å². The van der Waals surface area contributed by atoms with Gasteiger partial charge in [0.1, 0.15) is 0 Å². The molecule has 1 aromatic rings. The van der Waals surface area contributed by atoms with E-state index in [2.05, 4.69) is 15.9 Å². The van der Waals surface area contributed by atoms with Crippen LogP contribution in [0.5, 0.6) is 0 Å². The van der Waals surface area contributed by atoms with Crippen LogP contribution < -0.4 is 0 Å². The van der Waals surface area contributed by atoms with E-state index >= 15 is 0 Å². The number of halogens is 7. The lowest BCUT2D eigenvalue weighted by molar-refractivity contribution is -0.163. The Morgan fingerprint density at radius 2 is 1.28 bits per heavy atom. The van der Waals surface area contributed by atoms with Gasteiger partial charge in [0.2, 0.25) is 0 Å². The number of benzene rings is 1.